The fourth-order valence-corrected chi connectivity index (χ4v) is 1.64. The van der Waals surface area contributed by atoms with E-state index in [4.69, 9.17) is 11.2 Å². The Morgan fingerprint density at radius 3 is 2.69 bits per heavy atom. The van der Waals surface area contributed by atoms with Crippen LogP contribution in [0.15, 0.2) is 24.3 Å². The third-order valence-corrected chi connectivity index (χ3v) is 2.44. The number of para-hydroxylation sites is 1. The van der Waals surface area contributed by atoms with Crippen LogP contribution in [0, 0.1) is 12.3 Å². The maximum absolute atomic E-state index is 5.58. The number of terminal acetylenes is 1. The van der Waals surface area contributed by atoms with Crippen molar-refractivity contribution in [3.05, 3.63) is 29.8 Å². The molecule has 16 heavy (non-hydrogen) atoms. The molecule has 2 heteroatoms. The minimum absolute atomic E-state index is 0.0599. The Kier molecular flexibility index (Phi) is 4.88. The number of ether oxygens (including phenoxy) is 1. The minimum atomic E-state index is 0.0599. The van der Waals surface area contributed by atoms with Gasteiger partial charge in [0, 0.05) is 11.6 Å². The van der Waals surface area contributed by atoms with Crippen molar-refractivity contribution >= 4 is 0 Å². The highest BCUT2D eigenvalue weighted by molar-refractivity contribution is 5.35. The summed E-state index contributed by atoms with van der Waals surface area (Å²) in [7, 11) is 0. The van der Waals surface area contributed by atoms with E-state index in [0.29, 0.717) is 6.61 Å². The van der Waals surface area contributed by atoms with Crippen molar-refractivity contribution in [3.8, 4) is 18.1 Å². The van der Waals surface area contributed by atoms with Crippen LogP contribution in [-0.2, 0) is 0 Å². The van der Waals surface area contributed by atoms with Crippen molar-refractivity contribution in [3.63, 3.8) is 0 Å². The summed E-state index contributed by atoms with van der Waals surface area (Å²) >= 11 is 0. The molecular formula is C14H19NO. The van der Waals surface area contributed by atoms with Crippen LogP contribution in [0.1, 0.15) is 32.4 Å². The molecule has 0 amide bonds. The molecular weight excluding hydrogens is 198 g/mol. The molecule has 0 bridgehead atoms. The van der Waals surface area contributed by atoms with Gasteiger partial charge in [0.1, 0.15) is 5.75 Å². The lowest BCUT2D eigenvalue weighted by Crippen LogP contribution is -2.27. The Hall–Kier alpha value is -1.46. The highest BCUT2D eigenvalue weighted by atomic mass is 16.5. The molecule has 0 aromatic heterocycles. The molecule has 2 unspecified atom stereocenters. The average molecular weight is 217 g/mol. The van der Waals surface area contributed by atoms with Gasteiger partial charge in [0.25, 0.3) is 0 Å². The quantitative estimate of drug-likeness (QED) is 0.766. The molecule has 1 N–H and O–H groups in total. The number of hydrogen-bond acceptors (Lipinski definition) is 2. The second kappa shape index (κ2) is 6.19. The fraction of sp³-hybridized carbons (Fsp3) is 0.429. The molecule has 0 radical (unpaired) electrons. The first-order valence-electron chi connectivity index (χ1n) is 5.63. The second-order valence-corrected chi connectivity index (χ2v) is 3.75. The van der Waals surface area contributed by atoms with Crippen molar-refractivity contribution in [2.75, 3.05) is 6.61 Å². The summed E-state index contributed by atoms with van der Waals surface area (Å²) in [5.74, 6) is 3.59. The summed E-state index contributed by atoms with van der Waals surface area (Å²) < 4.78 is 5.58. The van der Waals surface area contributed by atoms with Gasteiger partial charge < -0.3 is 4.74 Å². The van der Waals surface area contributed by atoms with E-state index < -0.39 is 0 Å². The summed E-state index contributed by atoms with van der Waals surface area (Å²) in [6, 6.07) is 8.28. The molecule has 0 spiro atoms. The lowest BCUT2D eigenvalue weighted by atomic mass is 10.1. The van der Waals surface area contributed by atoms with Gasteiger partial charge in [0.05, 0.1) is 12.6 Å². The monoisotopic (exact) mass is 217 g/mol. The van der Waals surface area contributed by atoms with E-state index in [1.54, 1.807) is 0 Å². The predicted molar refractivity (Wildman–Crippen MR) is 67.5 cm³/mol. The lowest BCUT2D eigenvalue weighted by molar-refractivity contribution is 0.332. The Bertz CT molecular complexity index is 367. The van der Waals surface area contributed by atoms with Crippen LogP contribution >= 0.6 is 0 Å². The molecule has 1 rings (SSSR count). The third kappa shape index (κ3) is 3.29. The van der Waals surface area contributed by atoms with Crippen LogP contribution in [0.25, 0.3) is 0 Å². The van der Waals surface area contributed by atoms with E-state index >= 15 is 0 Å². The molecule has 0 aliphatic rings. The molecule has 0 fully saturated rings. The molecule has 0 saturated carbocycles. The molecule has 86 valence electrons. The lowest BCUT2D eigenvalue weighted by Gasteiger charge is -2.19. The molecule has 1 aromatic rings. The van der Waals surface area contributed by atoms with Crippen LogP contribution in [0.4, 0.5) is 0 Å². The Labute approximate surface area is 98.0 Å². The van der Waals surface area contributed by atoms with E-state index in [0.717, 1.165) is 11.3 Å². The molecule has 1 aromatic carbocycles. The number of rotatable bonds is 5. The van der Waals surface area contributed by atoms with Gasteiger partial charge in [-0.15, -0.1) is 6.42 Å². The van der Waals surface area contributed by atoms with E-state index in [-0.39, 0.29) is 12.1 Å². The van der Waals surface area contributed by atoms with Crippen molar-refractivity contribution in [1.29, 1.82) is 0 Å². The van der Waals surface area contributed by atoms with Crippen LogP contribution < -0.4 is 10.1 Å². The van der Waals surface area contributed by atoms with Crippen molar-refractivity contribution in [2.24, 2.45) is 0 Å². The van der Waals surface area contributed by atoms with Gasteiger partial charge in [-0.2, -0.15) is 0 Å². The summed E-state index contributed by atoms with van der Waals surface area (Å²) in [4.78, 5) is 0. The Balaban J connectivity index is 2.82. The SMILES string of the molecule is C#CC(C)NC(C)c1ccccc1OCC. The van der Waals surface area contributed by atoms with E-state index in [9.17, 15) is 0 Å². The first-order valence-corrected chi connectivity index (χ1v) is 5.63. The number of nitrogens with one attached hydrogen (secondary N) is 1. The summed E-state index contributed by atoms with van der Waals surface area (Å²) in [6.45, 7) is 6.72. The smallest absolute Gasteiger partial charge is 0.124 e. The predicted octanol–water partition coefficient (Wildman–Crippen LogP) is 2.76. The maximum atomic E-state index is 5.58. The van der Waals surface area contributed by atoms with E-state index in [1.165, 1.54) is 0 Å². The van der Waals surface area contributed by atoms with Crippen LogP contribution in [0.5, 0.6) is 5.75 Å². The first-order chi connectivity index (χ1) is 7.69. The van der Waals surface area contributed by atoms with Crippen molar-refractivity contribution < 1.29 is 4.74 Å². The zero-order valence-electron chi connectivity index (χ0n) is 10.2. The zero-order valence-corrected chi connectivity index (χ0v) is 10.2. The van der Waals surface area contributed by atoms with Crippen LogP contribution in [-0.4, -0.2) is 12.6 Å². The van der Waals surface area contributed by atoms with Gasteiger partial charge in [0.2, 0.25) is 0 Å². The molecule has 0 heterocycles. The van der Waals surface area contributed by atoms with Crippen LogP contribution in [0.3, 0.4) is 0 Å². The topological polar surface area (TPSA) is 21.3 Å². The molecule has 0 aliphatic heterocycles. The highest BCUT2D eigenvalue weighted by Crippen LogP contribution is 2.24. The van der Waals surface area contributed by atoms with Crippen molar-refractivity contribution in [1.82, 2.24) is 5.32 Å². The normalized spacial score (nSPS) is 13.9. The van der Waals surface area contributed by atoms with Crippen molar-refractivity contribution in [2.45, 2.75) is 32.9 Å². The van der Waals surface area contributed by atoms with Gasteiger partial charge in [-0.05, 0) is 26.8 Å². The van der Waals surface area contributed by atoms with Crippen LogP contribution in [0.2, 0.25) is 0 Å². The summed E-state index contributed by atoms with van der Waals surface area (Å²) in [6.07, 6.45) is 5.35. The summed E-state index contributed by atoms with van der Waals surface area (Å²) in [5, 5.41) is 3.33. The minimum Gasteiger partial charge on any atom is -0.494 e. The Morgan fingerprint density at radius 2 is 2.06 bits per heavy atom. The zero-order chi connectivity index (χ0) is 12.0. The van der Waals surface area contributed by atoms with Gasteiger partial charge in [0.15, 0.2) is 0 Å². The highest BCUT2D eigenvalue weighted by Gasteiger charge is 2.12. The van der Waals surface area contributed by atoms with Gasteiger partial charge in [-0.3, -0.25) is 5.32 Å². The molecule has 0 aliphatic carbocycles. The number of hydrogen-bond donors (Lipinski definition) is 1. The average Bonchev–Trinajstić information content (AvgIpc) is 2.30. The summed E-state index contributed by atoms with van der Waals surface area (Å²) in [5.41, 5.74) is 1.14. The van der Waals surface area contributed by atoms with E-state index in [1.807, 2.05) is 32.0 Å². The number of benzene rings is 1. The standard InChI is InChI=1S/C14H19NO/c1-5-11(3)15-12(4)13-9-7-8-10-14(13)16-6-2/h1,7-12,15H,6H2,2-4H3. The molecule has 2 nitrogen and oxygen atoms in total. The van der Waals surface area contributed by atoms with Gasteiger partial charge in [-0.1, -0.05) is 24.1 Å². The fourth-order valence-electron chi connectivity index (χ4n) is 1.64. The largest absolute Gasteiger partial charge is 0.494 e. The second-order valence-electron chi connectivity index (χ2n) is 3.75. The van der Waals surface area contributed by atoms with E-state index in [2.05, 4.69) is 24.2 Å². The Morgan fingerprint density at radius 1 is 1.38 bits per heavy atom. The third-order valence-electron chi connectivity index (χ3n) is 2.44. The molecule has 0 saturated heterocycles. The maximum Gasteiger partial charge on any atom is 0.124 e. The van der Waals surface area contributed by atoms with Gasteiger partial charge >= 0.3 is 0 Å². The first kappa shape index (κ1) is 12.6. The van der Waals surface area contributed by atoms with Gasteiger partial charge in [-0.25, -0.2) is 0 Å². The molecule has 2 atom stereocenters.